The maximum absolute atomic E-state index is 10.8. The van der Waals surface area contributed by atoms with Crippen molar-refractivity contribution in [3.63, 3.8) is 0 Å². The monoisotopic (exact) mass is 506 g/mol. The molecular weight excluding hydrogens is 472 g/mol. The van der Waals surface area contributed by atoms with E-state index in [0.717, 1.165) is 42.9 Å². The molecule has 3 aromatic carbocycles. The Morgan fingerprint density at radius 3 is 2.18 bits per heavy atom. The van der Waals surface area contributed by atoms with E-state index in [4.69, 9.17) is 9.26 Å². The van der Waals surface area contributed by atoms with E-state index in [0.29, 0.717) is 12.3 Å². The van der Waals surface area contributed by atoms with Gasteiger partial charge in [-0.25, -0.2) is 0 Å². The third-order valence-electron chi connectivity index (χ3n) is 6.83. The molecule has 0 aliphatic carbocycles. The number of para-hydroxylation sites is 1. The van der Waals surface area contributed by atoms with Crippen molar-refractivity contribution < 1.29 is 14.4 Å². The smallest absolute Gasteiger partial charge is 0.159 e. The van der Waals surface area contributed by atoms with E-state index < -0.39 is 6.10 Å². The highest BCUT2D eigenvalue weighted by atomic mass is 16.5. The fourth-order valence-electron chi connectivity index (χ4n) is 4.96. The van der Waals surface area contributed by atoms with E-state index in [1.807, 2.05) is 49.4 Å². The Balaban J connectivity index is 1.18. The van der Waals surface area contributed by atoms with Crippen molar-refractivity contribution in [1.82, 2.24) is 10.1 Å². The summed E-state index contributed by atoms with van der Waals surface area (Å²) in [7, 11) is 0. The summed E-state index contributed by atoms with van der Waals surface area (Å²) in [5.74, 6) is 1.43. The molecule has 0 spiro atoms. The molecule has 194 valence electrons. The quantitative estimate of drug-likeness (QED) is 0.281. The lowest BCUT2D eigenvalue weighted by Crippen LogP contribution is -2.39. The molecule has 0 saturated carbocycles. The van der Waals surface area contributed by atoms with E-state index in [1.165, 1.54) is 22.3 Å². The second-order valence-electron chi connectivity index (χ2n) is 9.72. The maximum Gasteiger partial charge on any atom is 0.159 e. The van der Waals surface area contributed by atoms with Crippen LogP contribution in [0, 0.1) is 6.92 Å². The van der Waals surface area contributed by atoms with Crippen LogP contribution in [0.15, 0.2) is 101 Å². The predicted molar refractivity (Wildman–Crippen MR) is 153 cm³/mol. The fraction of sp³-hybridized carbons (Fsp3) is 0.242. The van der Waals surface area contributed by atoms with E-state index in [2.05, 4.69) is 70.7 Å². The van der Waals surface area contributed by atoms with Crippen molar-refractivity contribution in [2.75, 3.05) is 26.2 Å². The normalized spacial score (nSPS) is 15.1. The number of ether oxygens (including phenoxy) is 1. The molecule has 1 aliphatic rings. The maximum atomic E-state index is 10.8. The number of rotatable bonds is 9. The van der Waals surface area contributed by atoms with Crippen molar-refractivity contribution in [2.24, 2.45) is 0 Å². The van der Waals surface area contributed by atoms with Gasteiger partial charge in [0, 0.05) is 31.3 Å². The number of hydrogen-bond donors (Lipinski definition) is 1. The van der Waals surface area contributed by atoms with Gasteiger partial charge in [0.1, 0.15) is 18.5 Å². The SMILES string of the molecule is Cc1cc(C=Cc2ccccc2OCC(O)CN2CCC(=C(c3ccccc3)c3ccccc3)CC2)on1. The molecule has 5 rings (SSSR count). The van der Waals surface area contributed by atoms with Crippen LogP contribution >= 0.6 is 0 Å². The average Bonchev–Trinajstić information content (AvgIpc) is 3.38. The molecule has 1 N–H and O–H groups in total. The lowest BCUT2D eigenvalue weighted by Gasteiger charge is -2.31. The summed E-state index contributed by atoms with van der Waals surface area (Å²) in [5.41, 5.74) is 7.13. The average molecular weight is 507 g/mol. The molecular formula is C33H34N2O3. The van der Waals surface area contributed by atoms with Crippen molar-refractivity contribution in [2.45, 2.75) is 25.9 Å². The number of nitrogens with zero attached hydrogens (tertiary/aromatic N) is 2. The highest BCUT2D eigenvalue weighted by molar-refractivity contribution is 5.82. The number of hydrogen-bond acceptors (Lipinski definition) is 5. The summed E-state index contributed by atoms with van der Waals surface area (Å²) in [4.78, 5) is 2.34. The van der Waals surface area contributed by atoms with E-state index in [-0.39, 0.29) is 6.61 Å². The van der Waals surface area contributed by atoms with Crippen LogP contribution in [-0.4, -0.2) is 47.5 Å². The van der Waals surface area contributed by atoms with E-state index in [9.17, 15) is 5.11 Å². The molecule has 2 heterocycles. The number of aliphatic hydroxyl groups excluding tert-OH is 1. The fourth-order valence-corrected chi connectivity index (χ4v) is 4.96. The Bertz CT molecular complexity index is 1320. The number of aryl methyl sites for hydroxylation is 1. The third kappa shape index (κ3) is 6.68. The van der Waals surface area contributed by atoms with Gasteiger partial charge in [0.15, 0.2) is 5.76 Å². The van der Waals surface area contributed by atoms with Gasteiger partial charge >= 0.3 is 0 Å². The van der Waals surface area contributed by atoms with Crippen LogP contribution in [0.5, 0.6) is 5.75 Å². The minimum atomic E-state index is -0.572. The summed E-state index contributed by atoms with van der Waals surface area (Å²) < 4.78 is 11.3. The van der Waals surface area contributed by atoms with Gasteiger partial charge < -0.3 is 14.4 Å². The minimum absolute atomic E-state index is 0.241. The Kier molecular flexibility index (Phi) is 8.49. The number of benzene rings is 3. The second-order valence-corrected chi connectivity index (χ2v) is 9.72. The van der Waals surface area contributed by atoms with E-state index >= 15 is 0 Å². The van der Waals surface area contributed by atoms with Crippen LogP contribution < -0.4 is 4.74 Å². The highest BCUT2D eigenvalue weighted by Crippen LogP contribution is 2.32. The molecule has 5 nitrogen and oxygen atoms in total. The first-order valence-corrected chi connectivity index (χ1v) is 13.2. The molecule has 0 radical (unpaired) electrons. The van der Waals surface area contributed by atoms with Gasteiger partial charge in [-0.1, -0.05) is 89.6 Å². The topological polar surface area (TPSA) is 58.7 Å². The van der Waals surface area contributed by atoms with Gasteiger partial charge in [0.25, 0.3) is 0 Å². The zero-order valence-corrected chi connectivity index (χ0v) is 21.8. The van der Waals surface area contributed by atoms with Crippen molar-refractivity contribution in [3.8, 4) is 5.75 Å². The predicted octanol–water partition coefficient (Wildman–Crippen LogP) is 6.49. The molecule has 0 amide bonds. The lowest BCUT2D eigenvalue weighted by atomic mass is 9.88. The number of piperidine rings is 1. The van der Waals surface area contributed by atoms with Gasteiger partial charge in [-0.05, 0) is 54.7 Å². The molecule has 1 unspecified atom stereocenters. The number of β-amino-alcohol motifs (C(OH)–C–C–N with tert-alkyl or cyclic N) is 1. The molecule has 0 bridgehead atoms. The highest BCUT2D eigenvalue weighted by Gasteiger charge is 2.21. The Morgan fingerprint density at radius 1 is 0.921 bits per heavy atom. The minimum Gasteiger partial charge on any atom is -0.490 e. The van der Waals surface area contributed by atoms with Crippen molar-refractivity contribution >= 4 is 17.7 Å². The van der Waals surface area contributed by atoms with Crippen LogP contribution in [0.4, 0.5) is 0 Å². The molecule has 1 aliphatic heterocycles. The molecule has 38 heavy (non-hydrogen) atoms. The number of likely N-dealkylation sites (tertiary alicyclic amines) is 1. The molecule has 1 atom stereocenters. The molecule has 5 heteroatoms. The van der Waals surface area contributed by atoms with Crippen LogP contribution in [0.2, 0.25) is 0 Å². The molecule has 1 fully saturated rings. The van der Waals surface area contributed by atoms with Crippen LogP contribution in [0.25, 0.3) is 17.7 Å². The molecule has 1 aromatic heterocycles. The summed E-state index contributed by atoms with van der Waals surface area (Å²) in [5, 5.41) is 14.7. The van der Waals surface area contributed by atoms with Crippen molar-refractivity contribution in [1.29, 1.82) is 0 Å². The Labute approximate surface area is 224 Å². The Morgan fingerprint density at radius 2 is 1.55 bits per heavy atom. The zero-order chi connectivity index (χ0) is 26.2. The second kappa shape index (κ2) is 12.5. The zero-order valence-electron chi connectivity index (χ0n) is 21.8. The van der Waals surface area contributed by atoms with Gasteiger partial charge in [-0.15, -0.1) is 0 Å². The largest absolute Gasteiger partial charge is 0.490 e. The van der Waals surface area contributed by atoms with Crippen LogP contribution in [0.3, 0.4) is 0 Å². The van der Waals surface area contributed by atoms with Gasteiger partial charge in [-0.3, -0.25) is 4.90 Å². The first kappa shape index (κ1) is 25.7. The first-order chi connectivity index (χ1) is 18.7. The summed E-state index contributed by atoms with van der Waals surface area (Å²) in [6.45, 7) is 4.57. The van der Waals surface area contributed by atoms with Crippen LogP contribution in [-0.2, 0) is 0 Å². The van der Waals surface area contributed by atoms with E-state index in [1.54, 1.807) is 0 Å². The first-order valence-electron chi connectivity index (χ1n) is 13.2. The molecule has 4 aromatic rings. The standard InChI is InChI=1S/C33H34N2O3/c1-25-22-31(38-34-25)17-16-26-10-8-9-15-32(26)37-24-30(36)23-35-20-18-29(19-21-35)33(27-11-4-2-5-12-27)28-13-6-3-7-14-28/h2-17,22,30,36H,18-21,23-24H2,1H3. The van der Waals surface area contributed by atoms with Gasteiger partial charge in [0.2, 0.25) is 0 Å². The van der Waals surface area contributed by atoms with Crippen LogP contribution in [0.1, 0.15) is 41.0 Å². The number of aromatic nitrogens is 1. The summed E-state index contributed by atoms with van der Waals surface area (Å²) in [6.07, 6.45) is 5.22. The lowest BCUT2D eigenvalue weighted by molar-refractivity contribution is 0.0655. The van der Waals surface area contributed by atoms with Crippen molar-refractivity contribution in [3.05, 3.63) is 125 Å². The summed E-state index contributed by atoms with van der Waals surface area (Å²) in [6, 6.07) is 31.0. The van der Waals surface area contributed by atoms with Gasteiger partial charge in [0.05, 0.1) is 5.69 Å². The molecule has 1 saturated heterocycles. The Hall–Kier alpha value is -3.93. The summed E-state index contributed by atoms with van der Waals surface area (Å²) >= 11 is 0. The third-order valence-corrected chi connectivity index (χ3v) is 6.83. The number of aliphatic hydroxyl groups is 1. The van der Waals surface area contributed by atoms with Gasteiger partial charge in [-0.2, -0.15) is 0 Å².